The zero-order valence-electron chi connectivity index (χ0n) is 14.5. The van der Waals surface area contributed by atoms with Gasteiger partial charge in [0, 0.05) is 5.56 Å². The lowest BCUT2D eigenvalue weighted by Crippen LogP contribution is -2.17. The molecule has 0 saturated carbocycles. The van der Waals surface area contributed by atoms with Crippen molar-refractivity contribution < 1.29 is 12.8 Å². The molecule has 1 aromatic carbocycles. The van der Waals surface area contributed by atoms with Gasteiger partial charge in [0.1, 0.15) is 5.82 Å². The maximum Gasteiger partial charge on any atom is 0.280 e. The van der Waals surface area contributed by atoms with Gasteiger partial charge in [-0.3, -0.25) is 4.72 Å². The van der Waals surface area contributed by atoms with Crippen LogP contribution in [0.4, 0.5) is 16.0 Å². The quantitative estimate of drug-likeness (QED) is 0.683. The van der Waals surface area contributed by atoms with Crippen LogP contribution in [0.5, 0.6) is 0 Å². The Hall–Kier alpha value is -2.71. The van der Waals surface area contributed by atoms with Crippen LogP contribution >= 0.6 is 11.6 Å². The van der Waals surface area contributed by atoms with Gasteiger partial charge in [0.25, 0.3) is 10.0 Å². The van der Waals surface area contributed by atoms with Crippen LogP contribution in [0.2, 0.25) is 5.02 Å². The third kappa shape index (κ3) is 3.86. The molecule has 2 heterocycles. The van der Waals surface area contributed by atoms with E-state index in [2.05, 4.69) is 14.7 Å². The lowest BCUT2D eigenvalue weighted by atomic mass is 9.99. The summed E-state index contributed by atoms with van der Waals surface area (Å²) < 4.78 is 41.5. The molecule has 0 saturated heterocycles. The highest BCUT2D eigenvalue weighted by molar-refractivity contribution is 7.92. The van der Waals surface area contributed by atoms with Crippen molar-refractivity contribution in [1.82, 2.24) is 9.97 Å². The van der Waals surface area contributed by atoms with E-state index in [9.17, 15) is 12.8 Å². The summed E-state index contributed by atoms with van der Waals surface area (Å²) >= 11 is 6.18. The van der Waals surface area contributed by atoms with E-state index in [4.69, 9.17) is 17.3 Å². The molecular weight excluding hydrogens is 391 g/mol. The van der Waals surface area contributed by atoms with Gasteiger partial charge >= 0.3 is 0 Å². The summed E-state index contributed by atoms with van der Waals surface area (Å²) in [5.41, 5.74) is 8.27. The minimum atomic E-state index is -4.18. The van der Waals surface area contributed by atoms with Crippen LogP contribution in [0.25, 0.3) is 11.3 Å². The lowest BCUT2D eigenvalue weighted by molar-refractivity contribution is 0.594. The Morgan fingerprint density at radius 2 is 1.70 bits per heavy atom. The molecule has 27 heavy (non-hydrogen) atoms. The predicted octanol–water partition coefficient (Wildman–Crippen LogP) is 3.94. The second kappa shape index (κ2) is 7.13. The fourth-order valence-corrected chi connectivity index (χ4v) is 3.88. The van der Waals surface area contributed by atoms with Gasteiger partial charge in [0.05, 0.1) is 10.7 Å². The molecule has 0 aliphatic heterocycles. The van der Waals surface area contributed by atoms with Crippen LogP contribution in [0.3, 0.4) is 0 Å². The van der Waals surface area contributed by atoms with Gasteiger partial charge in [-0.05, 0) is 43.2 Å². The molecule has 0 aliphatic rings. The Morgan fingerprint density at radius 3 is 2.33 bits per heavy atom. The Morgan fingerprint density at radius 1 is 1.07 bits per heavy atom. The first-order valence-electron chi connectivity index (χ1n) is 7.87. The average molecular weight is 407 g/mol. The van der Waals surface area contributed by atoms with Gasteiger partial charge in [-0.2, -0.15) is 8.42 Å². The molecule has 6 nitrogen and oxygen atoms in total. The number of nitrogen functional groups attached to an aromatic ring is 1. The van der Waals surface area contributed by atoms with E-state index in [0.717, 1.165) is 17.2 Å². The standard InChI is InChI=1S/C18H16ClFN4O2S/c1-10-5-3-6-11(2)16(10)17-12(19)9-13(20)18(23-17)24-27(25,26)15-8-4-7-14(21)22-15/h3-9H,1-2H3,(H2,21,22)(H,23,24). The number of hydrogen-bond donors (Lipinski definition) is 2. The number of nitrogens with zero attached hydrogens (tertiary/aromatic N) is 2. The van der Waals surface area contributed by atoms with Crippen LogP contribution in [-0.4, -0.2) is 18.4 Å². The Balaban J connectivity index is 2.10. The number of aromatic nitrogens is 2. The summed E-state index contributed by atoms with van der Waals surface area (Å²) in [6.45, 7) is 3.73. The summed E-state index contributed by atoms with van der Waals surface area (Å²) in [6.07, 6.45) is 0. The highest BCUT2D eigenvalue weighted by Crippen LogP contribution is 2.34. The van der Waals surface area contributed by atoms with Crippen molar-refractivity contribution in [3.63, 3.8) is 0 Å². The number of anilines is 2. The Bertz CT molecular complexity index is 1120. The zero-order valence-corrected chi connectivity index (χ0v) is 16.1. The molecule has 0 atom stereocenters. The molecule has 2 aromatic heterocycles. The highest BCUT2D eigenvalue weighted by Gasteiger charge is 2.22. The molecule has 0 amide bonds. The number of pyridine rings is 2. The van der Waals surface area contributed by atoms with Crippen LogP contribution in [0.1, 0.15) is 11.1 Å². The zero-order chi connectivity index (χ0) is 19.8. The van der Waals surface area contributed by atoms with Crippen molar-refractivity contribution in [2.24, 2.45) is 0 Å². The fourth-order valence-electron chi connectivity index (χ4n) is 2.66. The molecule has 0 spiro atoms. The van der Waals surface area contributed by atoms with E-state index in [-0.39, 0.29) is 21.6 Å². The SMILES string of the molecule is Cc1cccc(C)c1-c1nc(NS(=O)(=O)c2cccc(N)n2)c(F)cc1Cl. The highest BCUT2D eigenvalue weighted by atomic mass is 35.5. The van der Waals surface area contributed by atoms with Crippen molar-refractivity contribution >= 4 is 33.3 Å². The summed E-state index contributed by atoms with van der Waals surface area (Å²) in [5, 5.41) is -0.262. The second-order valence-corrected chi connectivity index (χ2v) is 7.96. The van der Waals surface area contributed by atoms with Crippen LogP contribution < -0.4 is 10.5 Å². The maximum atomic E-state index is 14.4. The van der Waals surface area contributed by atoms with Gasteiger partial charge in [-0.15, -0.1) is 0 Å². The molecule has 3 rings (SSSR count). The number of nitrogens with two attached hydrogens (primary N) is 1. The summed E-state index contributed by atoms with van der Waals surface area (Å²) in [4.78, 5) is 7.89. The summed E-state index contributed by atoms with van der Waals surface area (Å²) in [5.74, 6) is -1.35. The number of aryl methyl sites for hydroxylation is 2. The summed E-state index contributed by atoms with van der Waals surface area (Å²) in [7, 11) is -4.18. The third-order valence-corrected chi connectivity index (χ3v) is 5.43. The first-order chi connectivity index (χ1) is 12.7. The minimum absolute atomic E-state index is 0.0265. The van der Waals surface area contributed by atoms with Crippen molar-refractivity contribution in [2.75, 3.05) is 10.5 Å². The molecule has 0 fully saturated rings. The van der Waals surface area contributed by atoms with E-state index in [1.807, 2.05) is 32.0 Å². The first-order valence-corrected chi connectivity index (χ1v) is 9.73. The van der Waals surface area contributed by atoms with Crippen LogP contribution in [0, 0.1) is 19.7 Å². The largest absolute Gasteiger partial charge is 0.384 e. The number of halogens is 2. The van der Waals surface area contributed by atoms with E-state index >= 15 is 0 Å². The third-order valence-electron chi connectivity index (χ3n) is 3.90. The predicted molar refractivity (Wildman–Crippen MR) is 104 cm³/mol. The van der Waals surface area contributed by atoms with Crippen molar-refractivity contribution in [1.29, 1.82) is 0 Å². The monoisotopic (exact) mass is 406 g/mol. The Kier molecular flexibility index (Phi) is 5.03. The van der Waals surface area contributed by atoms with Gasteiger partial charge in [-0.1, -0.05) is 35.9 Å². The normalized spacial score (nSPS) is 11.4. The van der Waals surface area contributed by atoms with E-state index in [1.54, 1.807) is 0 Å². The number of sulfonamides is 1. The molecule has 140 valence electrons. The van der Waals surface area contributed by atoms with Gasteiger partial charge < -0.3 is 5.73 Å². The smallest absolute Gasteiger partial charge is 0.280 e. The molecule has 9 heteroatoms. The molecule has 3 aromatic rings. The Labute approximate surface area is 161 Å². The second-order valence-electron chi connectivity index (χ2n) is 5.92. The minimum Gasteiger partial charge on any atom is -0.384 e. The molecule has 0 aliphatic carbocycles. The first kappa shape index (κ1) is 19.1. The lowest BCUT2D eigenvalue weighted by Gasteiger charge is -2.14. The van der Waals surface area contributed by atoms with Crippen LogP contribution in [-0.2, 0) is 10.0 Å². The number of rotatable bonds is 4. The van der Waals surface area contributed by atoms with E-state index in [0.29, 0.717) is 5.56 Å². The topological polar surface area (TPSA) is 98.0 Å². The summed E-state index contributed by atoms with van der Waals surface area (Å²) in [6, 6.07) is 10.8. The molecule has 3 N–H and O–H groups in total. The number of nitrogens with one attached hydrogen (secondary N) is 1. The maximum absolute atomic E-state index is 14.4. The molecule has 0 bridgehead atoms. The van der Waals surface area contributed by atoms with Crippen LogP contribution in [0.15, 0.2) is 47.5 Å². The van der Waals surface area contributed by atoms with Crippen molar-refractivity contribution in [3.05, 3.63) is 64.4 Å². The van der Waals surface area contributed by atoms with Gasteiger partial charge in [0.15, 0.2) is 16.7 Å². The molecular formula is C18H16ClFN4O2S. The van der Waals surface area contributed by atoms with Gasteiger partial charge in [-0.25, -0.2) is 14.4 Å². The van der Waals surface area contributed by atoms with Crippen molar-refractivity contribution in [3.8, 4) is 11.3 Å². The number of hydrogen-bond acceptors (Lipinski definition) is 5. The van der Waals surface area contributed by atoms with E-state index < -0.39 is 21.7 Å². The van der Waals surface area contributed by atoms with Gasteiger partial charge in [0.2, 0.25) is 0 Å². The molecule has 0 radical (unpaired) electrons. The molecule has 0 unspecified atom stereocenters. The van der Waals surface area contributed by atoms with E-state index in [1.165, 1.54) is 18.2 Å². The van der Waals surface area contributed by atoms with Crippen molar-refractivity contribution in [2.45, 2.75) is 18.9 Å². The number of benzene rings is 1. The fraction of sp³-hybridized carbons (Fsp3) is 0.111. The average Bonchev–Trinajstić information content (AvgIpc) is 2.58.